The Kier molecular flexibility index (Phi) is 7.44. The predicted molar refractivity (Wildman–Crippen MR) is 117 cm³/mol. The van der Waals surface area contributed by atoms with E-state index in [-0.39, 0.29) is 5.91 Å². The molecule has 2 N–H and O–H groups in total. The Morgan fingerprint density at radius 2 is 2.00 bits per heavy atom. The van der Waals surface area contributed by atoms with Crippen LogP contribution < -0.4 is 5.32 Å². The Morgan fingerprint density at radius 1 is 1.24 bits per heavy atom. The summed E-state index contributed by atoms with van der Waals surface area (Å²) in [5.74, 6) is -0.211. The van der Waals surface area contributed by atoms with E-state index in [1.807, 2.05) is 43.3 Å². The van der Waals surface area contributed by atoms with E-state index in [0.717, 1.165) is 55.2 Å². The van der Waals surface area contributed by atoms with Crippen LogP contribution in [0.3, 0.4) is 0 Å². The summed E-state index contributed by atoms with van der Waals surface area (Å²) in [5, 5.41) is 10.4. The van der Waals surface area contributed by atoms with Crippen molar-refractivity contribution >= 4 is 29.5 Å². The minimum absolute atomic E-state index is 0.211. The van der Waals surface area contributed by atoms with Crippen molar-refractivity contribution in [1.82, 2.24) is 9.88 Å². The Morgan fingerprint density at radius 3 is 2.69 bits per heavy atom. The Bertz CT molecular complexity index is 897. The average molecular weight is 390 g/mol. The molecule has 0 spiro atoms. The van der Waals surface area contributed by atoms with Crippen LogP contribution in [0.5, 0.6) is 0 Å². The van der Waals surface area contributed by atoms with Gasteiger partial charge in [-0.3, -0.25) is 14.7 Å². The van der Waals surface area contributed by atoms with Gasteiger partial charge in [0.2, 0.25) is 5.91 Å². The predicted octanol–water partition coefficient (Wildman–Crippen LogP) is 3.62. The van der Waals surface area contributed by atoms with Crippen LogP contribution >= 0.6 is 0 Å². The van der Waals surface area contributed by atoms with Crippen molar-refractivity contribution in [3.63, 3.8) is 0 Å². The third kappa shape index (κ3) is 5.94. The highest BCUT2D eigenvalue weighted by Gasteiger charge is 2.10. The lowest BCUT2D eigenvalue weighted by Gasteiger charge is -2.26. The van der Waals surface area contributed by atoms with E-state index in [9.17, 15) is 4.79 Å². The lowest BCUT2D eigenvalue weighted by atomic mass is 10.0. The van der Waals surface area contributed by atoms with Crippen molar-refractivity contribution in [2.75, 3.05) is 31.6 Å². The smallest absolute Gasteiger partial charge is 0.248 e. The average Bonchev–Trinajstić information content (AvgIpc) is 2.76. The Hall–Kier alpha value is -3.09. The summed E-state index contributed by atoms with van der Waals surface area (Å²) in [4.78, 5) is 18.8. The van der Waals surface area contributed by atoms with Gasteiger partial charge in [-0.2, -0.15) is 0 Å². The first kappa shape index (κ1) is 20.6. The molecule has 2 aromatic rings. The van der Waals surface area contributed by atoms with Gasteiger partial charge in [-0.25, -0.2) is 0 Å². The second-order valence-electron chi connectivity index (χ2n) is 6.76. The normalized spacial score (nSPS) is 15.4. The topological polar surface area (TPSA) is 78.3 Å². The molecule has 29 heavy (non-hydrogen) atoms. The van der Waals surface area contributed by atoms with Crippen LogP contribution in [-0.4, -0.2) is 48.3 Å². The lowest BCUT2D eigenvalue weighted by Crippen LogP contribution is -2.35. The summed E-state index contributed by atoms with van der Waals surface area (Å²) in [5.41, 5.74) is 4.41. The molecular weight excluding hydrogens is 364 g/mol. The SMILES string of the molecule is C/C=C(\C=N)c1ccncc1/C=C/C(=O)Nc1ccc(CN2CCOCC2)cc1. The fourth-order valence-electron chi connectivity index (χ4n) is 3.18. The lowest BCUT2D eigenvalue weighted by molar-refractivity contribution is -0.111. The number of anilines is 1. The molecular formula is C23H26N4O2. The van der Waals surface area contributed by atoms with Gasteiger partial charge in [-0.05, 0) is 47.9 Å². The maximum atomic E-state index is 12.3. The zero-order valence-corrected chi connectivity index (χ0v) is 16.6. The van der Waals surface area contributed by atoms with Crippen molar-refractivity contribution < 1.29 is 9.53 Å². The maximum absolute atomic E-state index is 12.3. The first-order valence-electron chi connectivity index (χ1n) is 9.69. The van der Waals surface area contributed by atoms with Crippen molar-refractivity contribution in [3.8, 4) is 0 Å². The first-order valence-corrected chi connectivity index (χ1v) is 9.69. The van der Waals surface area contributed by atoms with Crippen LogP contribution in [0.1, 0.15) is 23.6 Å². The standard InChI is InChI=1S/C23H26N4O2/c1-2-19(15-24)22-9-10-25-16-20(22)5-8-23(28)26-21-6-3-18(4-7-21)17-27-11-13-29-14-12-27/h2-10,15-16,24H,11-14,17H2,1H3,(H,26,28)/b8-5+,19-2+,24-15?. The molecule has 1 aliphatic rings. The fraction of sp³-hybridized carbons (Fsp3) is 0.261. The minimum atomic E-state index is -0.211. The largest absolute Gasteiger partial charge is 0.379 e. The van der Waals surface area contributed by atoms with Gasteiger partial charge >= 0.3 is 0 Å². The number of morpholine rings is 1. The number of carbonyl (C=O) groups is 1. The monoisotopic (exact) mass is 390 g/mol. The summed E-state index contributed by atoms with van der Waals surface area (Å²) >= 11 is 0. The van der Waals surface area contributed by atoms with E-state index in [4.69, 9.17) is 10.1 Å². The molecule has 6 heteroatoms. The molecule has 0 bridgehead atoms. The van der Waals surface area contributed by atoms with Gasteiger partial charge in [0.25, 0.3) is 0 Å². The molecule has 0 saturated carbocycles. The van der Waals surface area contributed by atoms with E-state index < -0.39 is 0 Å². The van der Waals surface area contributed by atoms with E-state index in [2.05, 4.69) is 15.2 Å². The van der Waals surface area contributed by atoms with Crippen molar-refractivity contribution in [2.45, 2.75) is 13.5 Å². The van der Waals surface area contributed by atoms with Crippen LogP contribution in [0.25, 0.3) is 11.6 Å². The summed E-state index contributed by atoms with van der Waals surface area (Å²) in [7, 11) is 0. The van der Waals surface area contributed by atoms with E-state index in [1.165, 1.54) is 17.9 Å². The number of carbonyl (C=O) groups excluding carboxylic acids is 1. The third-order valence-electron chi connectivity index (χ3n) is 4.78. The minimum Gasteiger partial charge on any atom is -0.379 e. The molecule has 3 rings (SSSR count). The van der Waals surface area contributed by atoms with E-state index in [1.54, 1.807) is 18.5 Å². The summed E-state index contributed by atoms with van der Waals surface area (Å²) in [6.45, 7) is 6.24. The highest BCUT2D eigenvalue weighted by Crippen LogP contribution is 2.18. The number of rotatable bonds is 7. The molecule has 2 heterocycles. The van der Waals surface area contributed by atoms with E-state index >= 15 is 0 Å². The van der Waals surface area contributed by atoms with Gasteiger partial charge in [-0.15, -0.1) is 0 Å². The van der Waals surface area contributed by atoms with Crippen molar-refractivity contribution in [3.05, 3.63) is 71.6 Å². The molecule has 1 aromatic carbocycles. The molecule has 1 fully saturated rings. The highest BCUT2D eigenvalue weighted by atomic mass is 16.5. The number of nitrogens with zero attached hydrogens (tertiary/aromatic N) is 2. The van der Waals surface area contributed by atoms with Gasteiger partial charge in [-0.1, -0.05) is 18.2 Å². The number of allylic oxidation sites excluding steroid dienone is 2. The highest BCUT2D eigenvalue weighted by molar-refractivity contribution is 6.10. The second-order valence-corrected chi connectivity index (χ2v) is 6.76. The second kappa shape index (κ2) is 10.5. The van der Waals surface area contributed by atoms with Gasteiger partial charge in [0, 0.05) is 55.6 Å². The van der Waals surface area contributed by atoms with Gasteiger partial charge < -0.3 is 15.5 Å². The van der Waals surface area contributed by atoms with Crippen molar-refractivity contribution in [2.24, 2.45) is 0 Å². The van der Waals surface area contributed by atoms with Crippen LogP contribution in [-0.2, 0) is 16.1 Å². The zero-order valence-electron chi connectivity index (χ0n) is 16.6. The molecule has 0 aliphatic carbocycles. The first-order chi connectivity index (χ1) is 14.2. The molecule has 0 unspecified atom stereocenters. The summed E-state index contributed by atoms with van der Waals surface area (Å²) < 4.78 is 5.37. The summed E-state index contributed by atoms with van der Waals surface area (Å²) in [6, 6.07) is 9.76. The quantitative estimate of drug-likeness (QED) is 0.559. The number of ether oxygens (including phenoxy) is 1. The van der Waals surface area contributed by atoms with Crippen LogP contribution in [0, 0.1) is 5.41 Å². The number of amides is 1. The third-order valence-corrected chi connectivity index (χ3v) is 4.78. The maximum Gasteiger partial charge on any atom is 0.248 e. The number of nitrogens with one attached hydrogen (secondary N) is 2. The number of hydrogen-bond acceptors (Lipinski definition) is 5. The molecule has 6 nitrogen and oxygen atoms in total. The molecule has 1 saturated heterocycles. The Labute approximate surface area is 171 Å². The molecule has 0 atom stereocenters. The number of aromatic nitrogens is 1. The number of hydrogen-bond donors (Lipinski definition) is 2. The Balaban J connectivity index is 1.60. The van der Waals surface area contributed by atoms with E-state index in [0.29, 0.717) is 0 Å². The number of benzene rings is 1. The molecule has 150 valence electrons. The number of pyridine rings is 1. The summed E-state index contributed by atoms with van der Waals surface area (Å²) in [6.07, 6.45) is 9.73. The van der Waals surface area contributed by atoms with Crippen LogP contribution in [0.4, 0.5) is 5.69 Å². The fourth-order valence-corrected chi connectivity index (χ4v) is 3.18. The van der Waals surface area contributed by atoms with Gasteiger partial charge in [0.15, 0.2) is 0 Å². The molecule has 1 amide bonds. The van der Waals surface area contributed by atoms with Gasteiger partial charge in [0.1, 0.15) is 0 Å². The van der Waals surface area contributed by atoms with Gasteiger partial charge in [0.05, 0.1) is 13.2 Å². The van der Waals surface area contributed by atoms with Crippen LogP contribution in [0.2, 0.25) is 0 Å². The van der Waals surface area contributed by atoms with Crippen molar-refractivity contribution in [1.29, 1.82) is 5.41 Å². The van der Waals surface area contributed by atoms with Crippen LogP contribution in [0.15, 0.2) is 54.9 Å². The zero-order chi connectivity index (χ0) is 20.5. The molecule has 1 aromatic heterocycles. The molecule has 1 aliphatic heterocycles. The molecule has 0 radical (unpaired) electrons.